The number of carbonyl (C=O) groups is 2. The van der Waals surface area contributed by atoms with Gasteiger partial charge in [0.2, 0.25) is 5.91 Å². The van der Waals surface area contributed by atoms with Crippen LogP contribution < -0.4 is 20.7 Å². The van der Waals surface area contributed by atoms with E-state index in [1.165, 1.54) is 13.2 Å². The van der Waals surface area contributed by atoms with Crippen LogP contribution in [0.1, 0.15) is 20.8 Å². The first-order valence-electron chi connectivity index (χ1n) is 11.4. The highest BCUT2D eigenvalue weighted by atomic mass is 32.1. The number of thiophene rings is 1. The Morgan fingerprint density at radius 2 is 1.81 bits per heavy atom. The molecule has 0 radical (unpaired) electrons. The molecular formula is C27H22N4O5S. The van der Waals surface area contributed by atoms with Crippen LogP contribution in [0.15, 0.2) is 72.1 Å². The van der Waals surface area contributed by atoms with E-state index in [1.807, 2.05) is 35.7 Å². The molecule has 1 aliphatic rings. The Bertz CT molecular complexity index is 1520. The predicted molar refractivity (Wildman–Crippen MR) is 143 cm³/mol. The molecule has 3 aromatic carbocycles. The average Bonchev–Trinajstić information content (AvgIpc) is 3.37. The van der Waals surface area contributed by atoms with Gasteiger partial charge in [0.1, 0.15) is 0 Å². The van der Waals surface area contributed by atoms with Crippen molar-refractivity contribution in [1.82, 2.24) is 5.32 Å². The monoisotopic (exact) mass is 514 g/mol. The fourth-order valence-electron chi connectivity index (χ4n) is 4.13. The molecule has 3 N–H and O–H groups in total. The third kappa shape index (κ3) is 5.14. The molecule has 0 aliphatic carbocycles. The SMILES string of the molecule is COc1cc(-c2ccc3c(c2)Nc2cc(CC(=O)NCc4cccs4)ccc2NC3=O)ccc1[N+](=O)[O-]. The summed E-state index contributed by atoms with van der Waals surface area (Å²) in [6, 6.07) is 19.3. The van der Waals surface area contributed by atoms with E-state index in [0.717, 1.165) is 16.0 Å². The molecule has 4 aromatic rings. The van der Waals surface area contributed by atoms with E-state index in [1.54, 1.807) is 41.7 Å². The minimum atomic E-state index is -0.498. The lowest BCUT2D eigenvalue weighted by atomic mass is 10.0. The lowest BCUT2D eigenvalue weighted by Gasteiger charge is -2.12. The number of nitro groups is 1. The van der Waals surface area contributed by atoms with Crippen molar-refractivity contribution in [2.45, 2.75) is 13.0 Å². The average molecular weight is 515 g/mol. The quantitative estimate of drug-likeness (QED) is 0.221. The molecule has 2 heterocycles. The van der Waals surface area contributed by atoms with Gasteiger partial charge in [-0.05, 0) is 64.5 Å². The molecule has 5 rings (SSSR count). The van der Waals surface area contributed by atoms with Crippen LogP contribution in [-0.2, 0) is 17.8 Å². The van der Waals surface area contributed by atoms with Gasteiger partial charge in [0.25, 0.3) is 5.91 Å². The summed E-state index contributed by atoms with van der Waals surface area (Å²) in [5, 5.41) is 22.4. The summed E-state index contributed by atoms with van der Waals surface area (Å²) in [7, 11) is 1.38. The first kappa shape index (κ1) is 24.0. The van der Waals surface area contributed by atoms with E-state index < -0.39 is 4.92 Å². The number of nitrogens with one attached hydrogen (secondary N) is 3. The van der Waals surface area contributed by atoms with Crippen molar-refractivity contribution in [3.05, 3.63) is 98.2 Å². The van der Waals surface area contributed by atoms with Crippen LogP contribution in [0.25, 0.3) is 11.1 Å². The van der Waals surface area contributed by atoms with Crippen LogP contribution in [-0.4, -0.2) is 23.8 Å². The van der Waals surface area contributed by atoms with E-state index in [0.29, 0.717) is 34.7 Å². The number of benzene rings is 3. The van der Waals surface area contributed by atoms with Gasteiger partial charge in [-0.1, -0.05) is 18.2 Å². The number of anilines is 3. The number of nitrogens with zero attached hydrogens (tertiary/aromatic N) is 1. The van der Waals surface area contributed by atoms with Gasteiger partial charge in [-0.15, -0.1) is 11.3 Å². The van der Waals surface area contributed by atoms with Gasteiger partial charge in [-0.25, -0.2) is 0 Å². The fourth-order valence-corrected chi connectivity index (χ4v) is 4.77. The van der Waals surface area contributed by atoms with Crippen LogP contribution in [0.2, 0.25) is 0 Å². The number of fused-ring (bicyclic) bond motifs is 2. The first-order valence-corrected chi connectivity index (χ1v) is 12.3. The Balaban J connectivity index is 1.40. The zero-order valence-electron chi connectivity index (χ0n) is 19.7. The number of ether oxygens (including phenoxy) is 1. The number of hydrogen-bond acceptors (Lipinski definition) is 7. The molecule has 0 spiro atoms. The summed E-state index contributed by atoms with van der Waals surface area (Å²) >= 11 is 1.59. The molecule has 0 unspecified atom stereocenters. The molecule has 1 aromatic heterocycles. The highest BCUT2D eigenvalue weighted by molar-refractivity contribution is 7.09. The largest absolute Gasteiger partial charge is 0.490 e. The van der Waals surface area contributed by atoms with Gasteiger partial charge in [0.05, 0.1) is 47.6 Å². The van der Waals surface area contributed by atoms with Gasteiger partial charge >= 0.3 is 5.69 Å². The molecule has 0 saturated carbocycles. The van der Waals surface area contributed by atoms with Crippen LogP contribution in [0.4, 0.5) is 22.7 Å². The molecule has 2 amide bonds. The van der Waals surface area contributed by atoms with Crippen LogP contribution in [0.5, 0.6) is 5.75 Å². The minimum absolute atomic E-state index is 0.0965. The number of nitro benzene ring substituents is 1. The van der Waals surface area contributed by atoms with Crippen molar-refractivity contribution in [3.63, 3.8) is 0 Å². The Kier molecular flexibility index (Phi) is 6.57. The predicted octanol–water partition coefficient (Wildman–Crippen LogP) is 5.50. The number of methoxy groups -OCH3 is 1. The van der Waals surface area contributed by atoms with E-state index in [-0.39, 0.29) is 29.7 Å². The van der Waals surface area contributed by atoms with E-state index >= 15 is 0 Å². The summed E-state index contributed by atoms with van der Waals surface area (Å²) in [4.78, 5) is 37.2. The third-order valence-corrected chi connectivity index (χ3v) is 6.86. The molecule has 0 bridgehead atoms. The maximum Gasteiger partial charge on any atom is 0.310 e. The zero-order chi connectivity index (χ0) is 25.9. The van der Waals surface area contributed by atoms with Gasteiger partial charge in [-0.2, -0.15) is 0 Å². The summed E-state index contributed by atoms with van der Waals surface area (Å²) in [5.41, 5.74) is 4.40. The van der Waals surface area contributed by atoms with Crippen molar-refractivity contribution < 1.29 is 19.2 Å². The van der Waals surface area contributed by atoms with E-state index in [9.17, 15) is 19.7 Å². The lowest BCUT2D eigenvalue weighted by Crippen LogP contribution is -2.24. The highest BCUT2D eigenvalue weighted by Crippen LogP contribution is 2.37. The van der Waals surface area contributed by atoms with Crippen molar-refractivity contribution in [3.8, 4) is 16.9 Å². The number of amides is 2. The van der Waals surface area contributed by atoms with Gasteiger partial charge in [0.15, 0.2) is 5.75 Å². The minimum Gasteiger partial charge on any atom is -0.490 e. The van der Waals surface area contributed by atoms with Crippen LogP contribution >= 0.6 is 11.3 Å². The summed E-state index contributed by atoms with van der Waals surface area (Å²) in [6.07, 6.45) is 0.198. The first-order chi connectivity index (χ1) is 17.9. The molecule has 10 heteroatoms. The maximum absolute atomic E-state index is 12.9. The molecular weight excluding hydrogens is 492 g/mol. The van der Waals surface area contributed by atoms with Gasteiger partial charge in [0, 0.05) is 10.9 Å². The molecule has 1 aliphatic heterocycles. The number of hydrogen-bond donors (Lipinski definition) is 3. The summed E-state index contributed by atoms with van der Waals surface area (Å²) in [5.74, 6) is -0.216. The second-order valence-electron chi connectivity index (χ2n) is 8.40. The summed E-state index contributed by atoms with van der Waals surface area (Å²) < 4.78 is 5.19. The lowest BCUT2D eigenvalue weighted by molar-refractivity contribution is -0.385. The Labute approximate surface area is 216 Å². The molecule has 37 heavy (non-hydrogen) atoms. The van der Waals surface area contributed by atoms with Gasteiger partial charge in [-0.3, -0.25) is 19.7 Å². The van der Waals surface area contributed by atoms with E-state index in [2.05, 4.69) is 16.0 Å². The zero-order valence-corrected chi connectivity index (χ0v) is 20.6. The highest BCUT2D eigenvalue weighted by Gasteiger charge is 2.21. The molecule has 0 saturated heterocycles. The number of carbonyl (C=O) groups excluding carboxylic acids is 2. The smallest absolute Gasteiger partial charge is 0.310 e. The molecule has 0 fully saturated rings. The second-order valence-corrected chi connectivity index (χ2v) is 9.43. The molecule has 0 atom stereocenters. The Morgan fingerprint density at radius 3 is 2.57 bits per heavy atom. The maximum atomic E-state index is 12.9. The molecule has 9 nitrogen and oxygen atoms in total. The van der Waals surface area contributed by atoms with Crippen molar-refractivity contribution in [1.29, 1.82) is 0 Å². The Hall–Kier alpha value is -4.70. The van der Waals surface area contributed by atoms with Crippen molar-refractivity contribution >= 4 is 45.9 Å². The Morgan fingerprint density at radius 1 is 1.00 bits per heavy atom. The van der Waals surface area contributed by atoms with Crippen LogP contribution in [0, 0.1) is 10.1 Å². The van der Waals surface area contributed by atoms with Gasteiger partial charge < -0.3 is 20.7 Å². The van der Waals surface area contributed by atoms with Crippen molar-refractivity contribution in [2.24, 2.45) is 0 Å². The van der Waals surface area contributed by atoms with Crippen LogP contribution in [0.3, 0.4) is 0 Å². The fraction of sp³-hybridized carbons (Fsp3) is 0.111. The third-order valence-electron chi connectivity index (χ3n) is 5.98. The summed E-state index contributed by atoms with van der Waals surface area (Å²) in [6.45, 7) is 0.485. The van der Waals surface area contributed by atoms with E-state index in [4.69, 9.17) is 4.74 Å². The normalized spacial score (nSPS) is 11.9. The second kappa shape index (κ2) is 10.1. The van der Waals surface area contributed by atoms with Crippen molar-refractivity contribution in [2.75, 3.05) is 17.7 Å². The standard InChI is InChI=1S/C27H22N4O5S/c1-36-25-14-18(6-9-24(25)31(34)35)17-5-7-20-22(13-17)29-23-11-16(4-8-21(23)30-27(20)33)12-26(32)28-15-19-3-2-10-37-19/h2-11,13-14,29H,12,15H2,1H3,(H,28,32)(H,30,33). The molecule has 186 valence electrons. The topological polar surface area (TPSA) is 123 Å². The number of rotatable bonds is 7.